The molecule has 8 heteroatoms. The lowest BCUT2D eigenvalue weighted by Crippen LogP contribution is -2.35. The van der Waals surface area contributed by atoms with Crippen molar-refractivity contribution in [2.24, 2.45) is 5.16 Å². The van der Waals surface area contributed by atoms with Crippen molar-refractivity contribution >= 4 is 23.5 Å². The molecular formula is C21H28N2O6. The molecule has 1 heterocycles. The Hall–Kier alpha value is -2.90. The Bertz CT molecular complexity index is 713. The summed E-state index contributed by atoms with van der Waals surface area (Å²) in [6.45, 7) is 2.83. The molecule has 0 aromatic heterocycles. The monoisotopic (exact) mass is 404 g/mol. The average molecular weight is 404 g/mol. The summed E-state index contributed by atoms with van der Waals surface area (Å²) in [5.41, 5.74) is 0.269. The first kappa shape index (κ1) is 22.4. The second kappa shape index (κ2) is 11.8. The first-order chi connectivity index (χ1) is 14.1. The van der Waals surface area contributed by atoms with Crippen LogP contribution in [-0.2, 0) is 24.1 Å². The molecule has 0 bridgehead atoms. The number of carbonyl (C=O) groups excluding carboxylic acids is 3. The molecule has 0 saturated carbocycles. The third kappa shape index (κ3) is 6.89. The Kier molecular flexibility index (Phi) is 9.14. The molecule has 0 unspecified atom stereocenters. The van der Waals surface area contributed by atoms with Gasteiger partial charge in [-0.15, -0.1) is 5.06 Å². The van der Waals surface area contributed by atoms with Crippen LogP contribution in [0.15, 0.2) is 29.4 Å². The van der Waals surface area contributed by atoms with Gasteiger partial charge in [-0.2, -0.15) is 0 Å². The lowest BCUT2D eigenvalue weighted by atomic mass is 10.1. The summed E-state index contributed by atoms with van der Waals surface area (Å²) < 4.78 is 5.72. The summed E-state index contributed by atoms with van der Waals surface area (Å²) in [5.74, 6) is -1.38. The Morgan fingerprint density at radius 1 is 1.00 bits per heavy atom. The Balaban J connectivity index is 1.89. The molecule has 2 amide bonds. The number of ether oxygens (including phenoxy) is 1. The van der Waals surface area contributed by atoms with Gasteiger partial charge in [-0.3, -0.25) is 9.59 Å². The van der Waals surface area contributed by atoms with Crippen LogP contribution < -0.4 is 4.74 Å². The summed E-state index contributed by atoms with van der Waals surface area (Å²) in [6.07, 6.45) is 7.16. The van der Waals surface area contributed by atoms with Crippen LogP contribution in [0.5, 0.6) is 5.75 Å². The predicted molar refractivity (Wildman–Crippen MR) is 106 cm³/mol. The first-order valence-corrected chi connectivity index (χ1v) is 9.99. The minimum absolute atomic E-state index is 0.0213. The van der Waals surface area contributed by atoms with Crippen LogP contribution in [-0.4, -0.2) is 42.3 Å². The number of hydrogen-bond donors (Lipinski definition) is 0. The number of unbranched alkanes of at least 4 members (excludes halogenated alkanes) is 5. The van der Waals surface area contributed by atoms with Crippen molar-refractivity contribution in [2.45, 2.75) is 58.3 Å². The van der Waals surface area contributed by atoms with Crippen molar-refractivity contribution < 1.29 is 28.8 Å². The zero-order valence-corrected chi connectivity index (χ0v) is 17.0. The Labute approximate surface area is 170 Å². The fourth-order valence-electron chi connectivity index (χ4n) is 2.86. The van der Waals surface area contributed by atoms with Crippen molar-refractivity contribution in [3.63, 3.8) is 0 Å². The summed E-state index contributed by atoms with van der Waals surface area (Å²) in [5, 5.41) is 4.16. The van der Waals surface area contributed by atoms with E-state index in [0.29, 0.717) is 23.0 Å². The highest BCUT2D eigenvalue weighted by molar-refractivity contribution is 6.43. The molecule has 1 aliphatic rings. The van der Waals surface area contributed by atoms with Crippen molar-refractivity contribution in [3.8, 4) is 5.75 Å². The molecule has 29 heavy (non-hydrogen) atoms. The SMILES string of the molecule is CCCCCCCCOc1ccc(C(=NOC)C(=O)ON2C(=O)CCC2=O)cc1. The van der Waals surface area contributed by atoms with E-state index >= 15 is 0 Å². The molecule has 1 aliphatic heterocycles. The van der Waals surface area contributed by atoms with E-state index in [2.05, 4.69) is 12.1 Å². The van der Waals surface area contributed by atoms with E-state index in [-0.39, 0.29) is 18.6 Å². The fraction of sp³-hybridized carbons (Fsp3) is 0.524. The number of amides is 2. The maximum atomic E-state index is 12.4. The van der Waals surface area contributed by atoms with Gasteiger partial charge in [0.1, 0.15) is 12.9 Å². The molecule has 158 valence electrons. The van der Waals surface area contributed by atoms with Gasteiger partial charge in [-0.25, -0.2) is 4.79 Å². The van der Waals surface area contributed by atoms with Gasteiger partial charge in [-0.05, 0) is 30.7 Å². The third-order valence-electron chi connectivity index (χ3n) is 4.45. The number of hydroxylamine groups is 2. The summed E-state index contributed by atoms with van der Waals surface area (Å²) in [7, 11) is 1.29. The maximum Gasteiger partial charge on any atom is 0.386 e. The number of oxime groups is 1. The Morgan fingerprint density at radius 3 is 2.24 bits per heavy atom. The second-order valence-corrected chi connectivity index (χ2v) is 6.72. The van der Waals surface area contributed by atoms with E-state index in [1.54, 1.807) is 24.3 Å². The average Bonchev–Trinajstić information content (AvgIpc) is 3.04. The molecule has 0 aliphatic carbocycles. The van der Waals surface area contributed by atoms with E-state index in [1.807, 2.05) is 0 Å². The van der Waals surface area contributed by atoms with Gasteiger partial charge in [0.2, 0.25) is 0 Å². The number of rotatable bonds is 12. The summed E-state index contributed by atoms with van der Waals surface area (Å²) >= 11 is 0. The second-order valence-electron chi connectivity index (χ2n) is 6.72. The highest BCUT2D eigenvalue weighted by Gasteiger charge is 2.34. The predicted octanol–water partition coefficient (Wildman–Crippen LogP) is 3.38. The van der Waals surface area contributed by atoms with Crippen LogP contribution in [0.3, 0.4) is 0 Å². The van der Waals surface area contributed by atoms with E-state index < -0.39 is 17.8 Å². The lowest BCUT2D eigenvalue weighted by Gasteiger charge is -2.13. The summed E-state index contributed by atoms with van der Waals surface area (Å²) in [6, 6.07) is 6.72. The smallest absolute Gasteiger partial charge is 0.386 e. The molecule has 1 aromatic carbocycles. The van der Waals surface area contributed by atoms with E-state index in [4.69, 9.17) is 14.4 Å². The molecule has 8 nitrogen and oxygen atoms in total. The number of imide groups is 1. The first-order valence-electron chi connectivity index (χ1n) is 9.99. The fourth-order valence-corrected chi connectivity index (χ4v) is 2.86. The molecule has 1 aromatic rings. The van der Waals surface area contributed by atoms with E-state index in [9.17, 15) is 14.4 Å². The van der Waals surface area contributed by atoms with Gasteiger partial charge in [0, 0.05) is 18.4 Å². The molecule has 0 atom stereocenters. The van der Waals surface area contributed by atoms with Crippen LogP contribution in [0.25, 0.3) is 0 Å². The maximum absolute atomic E-state index is 12.4. The largest absolute Gasteiger partial charge is 0.494 e. The van der Waals surface area contributed by atoms with Gasteiger partial charge in [0.25, 0.3) is 11.8 Å². The van der Waals surface area contributed by atoms with E-state index in [0.717, 1.165) is 12.8 Å². The van der Waals surface area contributed by atoms with Gasteiger partial charge in [0.15, 0.2) is 5.71 Å². The number of hydrogen-bond acceptors (Lipinski definition) is 7. The Morgan fingerprint density at radius 2 is 1.62 bits per heavy atom. The normalized spacial score (nSPS) is 14.3. The standard InChI is InChI=1S/C21H28N2O6/c1-3-4-5-6-7-8-15-28-17-11-9-16(10-12-17)20(22-27-2)21(26)29-23-18(24)13-14-19(23)25/h9-12H,3-8,13-15H2,1-2H3. The zero-order valence-electron chi connectivity index (χ0n) is 17.0. The number of carbonyl (C=O) groups is 3. The molecular weight excluding hydrogens is 376 g/mol. The van der Waals surface area contributed by atoms with Gasteiger partial charge in [0.05, 0.1) is 6.61 Å². The molecule has 0 radical (unpaired) electrons. The van der Waals surface area contributed by atoms with Crippen LogP contribution in [0.4, 0.5) is 0 Å². The third-order valence-corrected chi connectivity index (χ3v) is 4.45. The topological polar surface area (TPSA) is 94.5 Å². The van der Waals surface area contributed by atoms with Crippen molar-refractivity contribution in [3.05, 3.63) is 29.8 Å². The zero-order chi connectivity index (χ0) is 21.1. The minimum atomic E-state index is -0.948. The molecule has 0 N–H and O–H groups in total. The molecule has 0 spiro atoms. The van der Waals surface area contributed by atoms with Crippen LogP contribution in [0.2, 0.25) is 0 Å². The quantitative estimate of drug-likeness (QED) is 0.229. The lowest BCUT2D eigenvalue weighted by molar-refractivity contribution is -0.192. The van der Waals surface area contributed by atoms with Crippen LogP contribution in [0.1, 0.15) is 63.9 Å². The summed E-state index contributed by atoms with van der Waals surface area (Å²) in [4.78, 5) is 45.2. The minimum Gasteiger partial charge on any atom is -0.494 e. The van der Waals surface area contributed by atoms with Gasteiger partial charge in [-0.1, -0.05) is 44.2 Å². The molecule has 1 saturated heterocycles. The van der Waals surface area contributed by atoms with Crippen LogP contribution in [0, 0.1) is 0 Å². The molecule has 1 fully saturated rings. The highest BCUT2D eigenvalue weighted by Crippen LogP contribution is 2.17. The van der Waals surface area contributed by atoms with Crippen LogP contribution >= 0.6 is 0 Å². The number of nitrogens with zero attached hydrogens (tertiary/aromatic N) is 2. The van der Waals surface area contributed by atoms with Gasteiger partial charge >= 0.3 is 5.97 Å². The number of benzene rings is 1. The van der Waals surface area contributed by atoms with Crippen molar-refractivity contribution in [2.75, 3.05) is 13.7 Å². The van der Waals surface area contributed by atoms with Gasteiger partial charge < -0.3 is 14.4 Å². The van der Waals surface area contributed by atoms with E-state index in [1.165, 1.54) is 32.8 Å². The molecule has 2 rings (SSSR count). The highest BCUT2D eigenvalue weighted by atomic mass is 16.7. The van der Waals surface area contributed by atoms with Crippen molar-refractivity contribution in [1.82, 2.24) is 5.06 Å². The van der Waals surface area contributed by atoms with Crippen molar-refractivity contribution in [1.29, 1.82) is 0 Å².